The van der Waals surface area contributed by atoms with Crippen molar-refractivity contribution < 1.29 is 18.0 Å². The first kappa shape index (κ1) is 10.8. The average molecular weight is 321 g/mol. The molecular weight excluding hydrogens is 318 g/mol. The summed E-state index contributed by atoms with van der Waals surface area (Å²) in [5, 5.41) is 3.37. The quantitative estimate of drug-likeness (QED) is 0.792. The fourth-order valence-corrected chi connectivity index (χ4v) is 1.90. The second kappa shape index (κ2) is 3.82. The molecule has 1 amide bonds. The third-order valence-corrected chi connectivity index (χ3v) is 3.17. The van der Waals surface area contributed by atoms with Crippen LogP contribution in [0.2, 0.25) is 0 Å². The lowest BCUT2D eigenvalue weighted by Gasteiger charge is -2.06. The van der Waals surface area contributed by atoms with E-state index >= 15 is 0 Å². The Labute approximate surface area is 89.3 Å². The van der Waals surface area contributed by atoms with Crippen LogP contribution in [-0.2, 0) is 4.79 Å². The van der Waals surface area contributed by atoms with Crippen molar-refractivity contribution in [3.05, 3.63) is 14.3 Å². The number of halogens is 4. The van der Waals surface area contributed by atoms with Crippen LogP contribution in [0.4, 0.5) is 18.9 Å². The smallest absolute Gasteiger partial charge is 0.317 e. The predicted octanol–water partition coefficient (Wildman–Crippen LogP) is 2.85. The molecule has 0 radical (unpaired) electrons. The van der Waals surface area contributed by atoms with E-state index in [1.54, 1.807) is 10.7 Å². The van der Waals surface area contributed by atoms with E-state index in [1.165, 1.54) is 17.4 Å². The van der Waals surface area contributed by atoms with Gasteiger partial charge in [-0.25, -0.2) is 0 Å². The second-order valence-electron chi connectivity index (χ2n) is 2.06. The van der Waals surface area contributed by atoms with Crippen molar-refractivity contribution in [2.75, 3.05) is 5.32 Å². The van der Waals surface area contributed by atoms with E-state index in [0.717, 1.165) is 0 Å². The number of carbonyl (C=O) groups is 1. The van der Waals surface area contributed by atoms with E-state index in [0.29, 0.717) is 2.88 Å². The Kier molecular flexibility index (Phi) is 3.17. The van der Waals surface area contributed by atoms with Gasteiger partial charge in [0.05, 0.1) is 8.57 Å². The highest BCUT2D eigenvalue weighted by Crippen LogP contribution is 2.26. The number of hydrogen-bond acceptors (Lipinski definition) is 2. The second-order valence-corrected chi connectivity index (χ2v) is 4.79. The first-order valence-electron chi connectivity index (χ1n) is 3.02. The van der Waals surface area contributed by atoms with Gasteiger partial charge in [-0.1, -0.05) is 0 Å². The first-order chi connectivity index (χ1) is 5.91. The van der Waals surface area contributed by atoms with Crippen LogP contribution in [0.5, 0.6) is 0 Å². The first-order valence-corrected chi connectivity index (χ1v) is 4.98. The molecule has 0 fully saturated rings. The van der Waals surface area contributed by atoms with E-state index in [1.807, 2.05) is 22.6 Å². The molecule has 0 saturated heterocycles. The van der Waals surface area contributed by atoms with Crippen molar-refractivity contribution >= 4 is 45.5 Å². The van der Waals surface area contributed by atoms with Crippen molar-refractivity contribution in [2.45, 2.75) is 6.18 Å². The fourth-order valence-electron chi connectivity index (χ4n) is 0.575. The van der Waals surface area contributed by atoms with Gasteiger partial charge >= 0.3 is 12.1 Å². The van der Waals surface area contributed by atoms with Crippen molar-refractivity contribution in [1.82, 2.24) is 0 Å². The topological polar surface area (TPSA) is 29.1 Å². The highest BCUT2D eigenvalue weighted by Gasteiger charge is 2.38. The van der Waals surface area contributed by atoms with Crippen LogP contribution in [-0.4, -0.2) is 12.1 Å². The minimum absolute atomic E-state index is 0.202. The summed E-state index contributed by atoms with van der Waals surface area (Å²) in [6, 6.07) is 1.43. The number of carbonyl (C=O) groups excluding carboxylic acids is 1. The molecule has 0 aliphatic rings. The zero-order chi connectivity index (χ0) is 10.1. The van der Waals surface area contributed by atoms with Crippen LogP contribution < -0.4 is 5.32 Å². The SMILES string of the molecule is O=C(Nc1ccsc1I)C(F)(F)F. The molecule has 0 spiro atoms. The minimum atomic E-state index is -4.83. The summed E-state index contributed by atoms with van der Waals surface area (Å²) in [4.78, 5) is 10.4. The van der Waals surface area contributed by atoms with Gasteiger partial charge in [-0.15, -0.1) is 11.3 Å². The zero-order valence-corrected chi connectivity index (χ0v) is 8.96. The van der Waals surface area contributed by atoms with E-state index in [2.05, 4.69) is 0 Å². The maximum atomic E-state index is 11.8. The molecule has 0 atom stereocenters. The number of rotatable bonds is 1. The normalized spacial score (nSPS) is 11.4. The van der Waals surface area contributed by atoms with Gasteiger partial charge in [0, 0.05) is 0 Å². The molecule has 0 saturated carbocycles. The van der Waals surface area contributed by atoms with Gasteiger partial charge in [-0.3, -0.25) is 4.79 Å². The molecule has 0 bridgehead atoms. The largest absolute Gasteiger partial charge is 0.471 e. The summed E-state index contributed by atoms with van der Waals surface area (Å²) in [5.74, 6) is -1.94. The number of nitrogens with one attached hydrogen (secondary N) is 1. The highest BCUT2D eigenvalue weighted by molar-refractivity contribution is 14.1. The zero-order valence-electron chi connectivity index (χ0n) is 5.98. The molecule has 1 aromatic rings. The maximum absolute atomic E-state index is 11.8. The number of hydrogen-bond donors (Lipinski definition) is 1. The summed E-state index contributed by atoms with van der Waals surface area (Å²) in [7, 11) is 0. The molecule has 0 aromatic carbocycles. The molecule has 13 heavy (non-hydrogen) atoms. The number of amides is 1. The molecule has 72 valence electrons. The van der Waals surface area contributed by atoms with Gasteiger partial charge in [0.2, 0.25) is 0 Å². The van der Waals surface area contributed by atoms with Gasteiger partial charge in [0.1, 0.15) is 0 Å². The predicted molar refractivity (Wildman–Crippen MR) is 51.7 cm³/mol. The Hall–Kier alpha value is -0.310. The van der Waals surface area contributed by atoms with Crippen molar-refractivity contribution in [2.24, 2.45) is 0 Å². The highest BCUT2D eigenvalue weighted by atomic mass is 127. The standard InChI is InChI=1S/C6H3F3INOS/c7-6(8,9)5(12)11-3-1-2-13-4(3)10/h1-2H,(H,11,12). The van der Waals surface area contributed by atoms with Gasteiger partial charge in [-0.2, -0.15) is 13.2 Å². The molecule has 2 nitrogen and oxygen atoms in total. The lowest BCUT2D eigenvalue weighted by Crippen LogP contribution is -2.29. The molecule has 0 aliphatic heterocycles. The van der Waals surface area contributed by atoms with E-state index in [9.17, 15) is 18.0 Å². The van der Waals surface area contributed by atoms with Crippen LogP contribution in [0.15, 0.2) is 11.4 Å². The Morgan fingerprint density at radius 3 is 2.54 bits per heavy atom. The van der Waals surface area contributed by atoms with Crippen LogP contribution in [0.3, 0.4) is 0 Å². The molecule has 1 heterocycles. The van der Waals surface area contributed by atoms with Crippen LogP contribution in [0.25, 0.3) is 0 Å². The van der Waals surface area contributed by atoms with Gasteiger partial charge in [0.15, 0.2) is 0 Å². The summed E-state index contributed by atoms with van der Waals surface area (Å²) in [5.41, 5.74) is 0.202. The molecule has 7 heteroatoms. The van der Waals surface area contributed by atoms with Crippen molar-refractivity contribution in [3.8, 4) is 0 Å². The maximum Gasteiger partial charge on any atom is 0.471 e. The molecule has 1 aromatic heterocycles. The van der Waals surface area contributed by atoms with E-state index in [-0.39, 0.29) is 5.69 Å². The fraction of sp³-hybridized carbons (Fsp3) is 0.167. The van der Waals surface area contributed by atoms with Crippen molar-refractivity contribution in [1.29, 1.82) is 0 Å². The summed E-state index contributed by atoms with van der Waals surface area (Å²) in [6.07, 6.45) is -4.83. The van der Waals surface area contributed by atoms with Gasteiger partial charge < -0.3 is 5.32 Å². The number of thiophene rings is 1. The Balaban J connectivity index is 2.71. The van der Waals surface area contributed by atoms with Gasteiger partial charge in [0.25, 0.3) is 0 Å². The molecule has 0 unspecified atom stereocenters. The number of anilines is 1. The minimum Gasteiger partial charge on any atom is -0.317 e. The van der Waals surface area contributed by atoms with Gasteiger partial charge in [-0.05, 0) is 34.0 Å². The van der Waals surface area contributed by atoms with Crippen LogP contribution >= 0.6 is 33.9 Å². The third kappa shape index (κ3) is 2.83. The molecular formula is C6H3F3INOS. The Bertz CT molecular complexity index is 322. The Morgan fingerprint density at radius 2 is 2.15 bits per heavy atom. The van der Waals surface area contributed by atoms with E-state index in [4.69, 9.17) is 0 Å². The number of alkyl halides is 3. The van der Waals surface area contributed by atoms with E-state index < -0.39 is 12.1 Å². The average Bonchev–Trinajstić information content (AvgIpc) is 2.34. The summed E-state index contributed by atoms with van der Waals surface area (Å²) >= 11 is 3.12. The lowest BCUT2D eigenvalue weighted by atomic mass is 10.5. The lowest BCUT2D eigenvalue weighted by molar-refractivity contribution is -0.167. The molecule has 1 N–H and O–H groups in total. The van der Waals surface area contributed by atoms with Crippen LogP contribution in [0.1, 0.15) is 0 Å². The summed E-state index contributed by atoms with van der Waals surface area (Å²) < 4.78 is 35.9. The molecule has 0 aliphatic carbocycles. The summed E-state index contributed by atoms with van der Waals surface area (Å²) in [6.45, 7) is 0. The van der Waals surface area contributed by atoms with Crippen molar-refractivity contribution in [3.63, 3.8) is 0 Å². The molecule has 1 rings (SSSR count). The monoisotopic (exact) mass is 321 g/mol. The third-order valence-electron chi connectivity index (χ3n) is 1.12. The Morgan fingerprint density at radius 1 is 1.54 bits per heavy atom. The van der Waals surface area contributed by atoms with Crippen LogP contribution in [0, 0.1) is 2.88 Å².